The van der Waals surface area contributed by atoms with E-state index in [2.05, 4.69) is 50.1 Å². The average molecular weight is 314 g/mol. The maximum Gasteiger partial charge on any atom is 0.377 e. The molecule has 0 spiro atoms. The normalized spacial score (nSPS) is 18.2. The molecule has 0 N–H and O–H groups in total. The fourth-order valence-electron chi connectivity index (χ4n) is 3.12. The van der Waals surface area contributed by atoms with Gasteiger partial charge in [0.05, 0.1) is 13.8 Å². The molecule has 1 aromatic heterocycles. The van der Waals surface area contributed by atoms with Crippen molar-refractivity contribution >= 4 is 5.97 Å². The van der Waals surface area contributed by atoms with Crippen molar-refractivity contribution in [3.05, 3.63) is 48.0 Å². The lowest BCUT2D eigenvalue weighted by molar-refractivity contribution is 0.0585. The van der Waals surface area contributed by atoms with E-state index < -0.39 is 5.97 Å². The number of rotatable bonds is 6. The molecule has 6 heteroatoms. The molecular weight excluding hydrogens is 292 g/mol. The number of benzene rings is 1. The summed E-state index contributed by atoms with van der Waals surface area (Å²) in [7, 11) is 1.34. The number of hydrogen-bond acceptors (Lipinski definition) is 5. The van der Waals surface area contributed by atoms with Gasteiger partial charge in [0.25, 0.3) is 5.82 Å². The molecule has 1 fully saturated rings. The van der Waals surface area contributed by atoms with Crippen LogP contribution in [0.25, 0.3) is 0 Å². The number of nitrogens with zero attached hydrogens (tertiary/aromatic N) is 4. The zero-order chi connectivity index (χ0) is 16.1. The van der Waals surface area contributed by atoms with Gasteiger partial charge in [0, 0.05) is 12.6 Å². The van der Waals surface area contributed by atoms with Crippen molar-refractivity contribution in [1.82, 2.24) is 19.7 Å². The summed E-state index contributed by atoms with van der Waals surface area (Å²) in [6.07, 6.45) is 6.25. The third kappa shape index (κ3) is 3.96. The predicted molar refractivity (Wildman–Crippen MR) is 85.9 cm³/mol. The molecule has 1 unspecified atom stereocenters. The van der Waals surface area contributed by atoms with Crippen LogP contribution in [0.1, 0.15) is 35.4 Å². The lowest BCUT2D eigenvalue weighted by Gasteiger charge is -2.24. The molecular formula is C17H22N4O2. The van der Waals surface area contributed by atoms with Crippen molar-refractivity contribution in [3.8, 4) is 0 Å². The highest BCUT2D eigenvalue weighted by molar-refractivity contribution is 5.84. The number of aromatic nitrogens is 3. The topological polar surface area (TPSA) is 60.2 Å². The van der Waals surface area contributed by atoms with Crippen LogP contribution in [0.15, 0.2) is 36.7 Å². The highest BCUT2D eigenvalue weighted by Gasteiger charge is 2.25. The van der Waals surface area contributed by atoms with E-state index in [0.29, 0.717) is 12.7 Å². The maximum absolute atomic E-state index is 11.4. The Morgan fingerprint density at radius 3 is 2.96 bits per heavy atom. The molecule has 1 aromatic carbocycles. The average Bonchev–Trinajstić information content (AvgIpc) is 3.23. The van der Waals surface area contributed by atoms with Crippen LogP contribution in [-0.4, -0.2) is 45.3 Å². The first-order chi connectivity index (χ1) is 11.3. The van der Waals surface area contributed by atoms with Crippen LogP contribution in [-0.2, 0) is 17.8 Å². The Morgan fingerprint density at radius 1 is 1.35 bits per heavy atom. The SMILES string of the molecule is COC(=O)c1ncn(CN2CCCC2CCc2ccccc2)n1. The van der Waals surface area contributed by atoms with Gasteiger partial charge in [-0.05, 0) is 31.2 Å². The van der Waals surface area contributed by atoms with Gasteiger partial charge in [0.1, 0.15) is 6.33 Å². The van der Waals surface area contributed by atoms with E-state index in [9.17, 15) is 4.79 Å². The molecule has 0 amide bonds. The number of hydrogen-bond donors (Lipinski definition) is 0. The lowest BCUT2D eigenvalue weighted by Crippen LogP contribution is -2.32. The van der Waals surface area contributed by atoms with E-state index in [1.54, 1.807) is 11.0 Å². The van der Waals surface area contributed by atoms with E-state index in [1.165, 1.54) is 25.5 Å². The monoisotopic (exact) mass is 314 g/mol. The summed E-state index contributed by atoms with van der Waals surface area (Å²) < 4.78 is 6.35. The summed E-state index contributed by atoms with van der Waals surface area (Å²) in [4.78, 5) is 17.8. The number of methoxy groups -OCH3 is 1. The molecule has 2 aromatic rings. The van der Waals surface area contributed by atoms with Crippen molar-refractivity contribution in [2.24, 2.45) is 0 Å². The van der Waals surface area contributed by atoms with Crippen LogP contribution in [0.4, 0.5) is 0 Å². The van der Waals surface area contributed by atoms with E-state index in [4.69, 9.17) is 0 Å². The molecule has 2 heterocycles. The first-order valence-corrected chi connectivity index (χ1v) is 8.02. The minimum atomic E-state index is -0.495. The number of ether oxygens (including phenoxy) is 1. The Bertz CT molecular complexity index is 641. The summed E-state index contributed by atoms with van der Waals surface area (Å²) in [6, 6.07) is 11.1. The third-order valence-corrected chi connectivity index (χ3v) is 4.34. The van der Waals surface area contributed by atoms with Gasteiger partial charge >= 0.3 is 5.97 Å². The standard InChI is InChI=1S/C17H22N4O2/c1-23-17(22)16-18-12-21(19-16)13-20-11-5-8-15(20)10-9-14-6-3-2-4-7-14/h2-4,6-7,12,15H,5,8-11,13H2,1H3. The fourth-order valence-corrected chi connectivity index (χ4v) is 3.12. The van der Waals surface area contributed by atoms with Crippen LogP contribution in [0.5, 0.6) is 0 Å². The molecule has 0 saturated carbocycles. The maximum atomic E-state index is 11.4. The van der Waals surface area contributed by atoms with Crippen molar-refractivity contribution in [1.29, 1.82) is 0 Å². The van der Waals surface area contributed by atoms with E-state index in [1.807, 2.05) is 0 Å². The molecule has 0 radical (unpaired) electrons. The highest BCUT2D eigenvalue weighted by Crippen LogP contribution is 2.22. The third-order valence-electron chi connectivity index (χ3n) is 4.34. The summed E-state index contributed by atoms with van der Waals surface area (Å²) in [5.41, 5.74) is 1.38. The van der Waals surface area contributed by atoms with Crippen LogP contribution < -0.4 is 0 Å². The Labute approximate surface area is 136 Å². The molecule has 1 aliphatic heterocycles. The number of aryl methyl sites for hydroxylation is 1. The Hall–Kier alpha value is -2.21. The summed E-state index contributed by atoms with van der Waals surface area (Å²) in [5.74, 6) is -0.377. The molecule has 0 bridgehead atoms. The van der Waals surface area contributed by atoms with Crippen LogP contribution >= 0.6 is 0 Å². The second kappa shape index (κ2) is 7.37. The predicted octanol–water partition coefficient (Wildman–Crippen LogP) is 2.12. The zero-order valence-corrected chi connectivity index (χ0v) is 13.4. The molecule has 1 atom stereocenters. The van der Waals surface area contributed by atoms with E-state index >= 15 is 0 Å². The van der Waals surface area contributed by atoms with Gasteiger partial charge in [0.15, 0.2) is 0 Å². The van der Waals surface area contributed by atoms with E-state index in [0.717, 1.165) is 19.4 Å². The first kappa shape index (κ1) is 15.7. The van der Waals surface area contributed by atoms with Crippen LogP contribution in [0.2, 0.25) is 0 Å². The zero-order valence-electron chi connectivity index (χ0n) is 13.4. The summed E-state index contributed by atoms with van der Waals surface area (Å²) >= 11 is 0. The second-order valence-corrected chi connectivity index (χ2v) is 5.87. The highest BCUT2D eigenvalue weighted by atomic mass is 16.5. The Morgan fingerprint density at radius 2 is 2.17 bits per heavy atom. The molecule has 3 rings (SSSR count). The molecule has 1 saturated heterocycles. The van der Waals surface area contributed by atoms with Crippen LogP contribution in [0.3, 0.4) is 0 Å². The largest absolute Gasteiger partial charge is 0.463 e. The van der Waals surface area contributed by atoms with Crippen molar-refractivity contribution < 1.29 is 9.53 Å². The van der Waals surface area contributed by atoms with Crippen LogP contribution in [0, 0.1) is 0 Å². The minimum Gasteiger partial charge on any atom is -0.463 e. The molecule has 23 heavy (non-hydrogen) atoms. The second-order valence-electron chi connectivity index (χ2n) is 5.87. The van der Waals surface area contributed by atoms with Gasteiger partial charge in [-0.1, -0.05) is 30.3 Å². The first-order valence-electron chi connectivity index (χ1n) is 8.02. The van der Waals surface area contributed by atoms with Gasteiger partial charge in [-0.25, -0.2) is 14.5 Å². The number of esters is 1. The van der Waals surface area contributed by atoms with Crippen molar-refractivity contribution in [2.75, 3.05) is 13.7 Å². The quantitative estimate of drug-likeness (QED) is 0.764. The van der Waals surface area contributed by atoms with E-state index in [-0.39, 0.29) is 5.82 Å². The molecule has 1 aliphatic rings. The Balaban J connectivity index is 1.56. The van der Waals surface area contributed by atoms with Gasteiger partial charge in [-0.3, -0.25) is 4.90 Å². The fraction of sp³-hybridized carbons (Fsp3) is 0.471. The Kier molecular flexibility index (Phi) is 5.02. The molecule has 0 aliphatic carbocycles. The summed E-state index contributed by atoms with van der Waals surface area (Å²) in [5, 5.41) is 4.19. The molecule has 6 nitrogen and oxygen atoms in total. The van der Waals surface area contributed by atoms with Gasteiger partial charge in [-0.15, -0.1) is 5.10 Å². The number of carbonyl (C=O) groups excluding carboxylic acids is 1. The van der Waals surface area contributed by atoms with Gasteiger partial charge < -0.3 is 4.74 Å². The number of likely N-dealkylation sites (tertiary alicyclic amines) is 1. The number of carbonyl (C=O) groups is 1. The lowest BCUT2D eigenvalue weighted by atomic mass is 10.0. The summed E-state index contributed by atoms with van der Waals surface area (Å²) in [6.45, 7) is 1.73. The molecule has 122 valence electrons. The minimum absolute atomic E-state index is 0.118. The van der Waals surface area contributed by atoms with Gasteiger partial charge in [-0.2, -0.15) is 0 Å². The van der Waals surface area contributed by atoms with Gasteiger partial charge in [0.2, 0.25) is 0 Å². The smallest absolute Gasteiger partial charge is 0.377 e. The van der Waals surface area contributed by atoms with Crippen molar-refractivity contribution in [2.45, 2.75) is 38.4 Å². The van der Waals surface area contributed by atoms with Crippen molar-refractivity contribution in [3.63, 3.8) is 0 Å².